The quantitative estimate of drug-likeness (QED) is 0.209. The number of rotatable bonds is 17. The van der Waals surface area contributed by atoms with Crippen LogP contribution in [0.4, 0.5) is 0 Å². The molecule has 0 spiro atoms. The first-order valence-electron chi connectivity index (χ1n) is 11.2. The van der Waals surface area contributed by atoms with E-state index in [-0.39, 0.29) is 0 Å². The third kappa shape index (κ3) is 12.4. The maximum absolute atomic E-state index is 11.8. The molecule has 0 aromatic heterocycles. The predicted molar refractivity (Wildman–Crippen MR) is 116 cm³/mol. The molecule has 0 amide bonds. The maximum Gasteiger partial charge on any atom is 0.332 e. The second-order valence-electron chi connectivity index (χ2n) is 7.90. The van der Waals surface area contributed by atoms with Gasteiger partial charge >= 0.3 is 7.60 Å². The molecule has 0 saturated heterocycles. The van der Waals surface area contributed by atoms with Crippen LogP contribution in [0.5, 0.6) is 0 Å². The summed E-state index contributed by atoms with van der Waals surface area (Å²) in [6.45, 7) is 2.26. The van der Waals surface area contributed by atoms with E-state index in [9.17, 15) is 14.4 Å². The zero-order valence-corrected chi connectivity index (χ0v) is 18.2. The smallest absolute Gasteiger partial charge is 0.324 e. The Hall–Kier alpha value is -0.630. The van der Waals surface area contributed by atoms with Crippen LogP contribution in [0.2, 0.25) is 0 Å². The predicted octanol–water partition coefficient (Wildman–Crippen LogP) is 7.78. The van der Waals surface area contributed by atoms with Crippen LogP contribution in [-0.2, 0) is 4.57 Å². The number of hydrogen-bond acceptors (Lipinski definition) is 1. The monoisotopic (exact) mass is 396 g/mol. The van der Waals surface area contributed by atoms with E-state index in [1.54, 1.807) is 0 Å². The molecular weight excluding hydrogens is 355 g/mol. The van der Waals surface area contributed by atoms with Crippen LogP contribution in [0.15, 0.2) is 30.3 Å². The van der Waals surface area contributed by atoms with Gasteiger partial charge in [-0.05, 0) is 12.0 Å². The van der Waals surface area contributed by atoms with E-state index in [4.69, 9.17) is 0 Å². The van der Waals surface area contributed by atoms with Crippen molar-refractivity contribution >= 4 is 7.60 Å². The second kappa shape index (κ2) is 15.3. The molecule has 3 nitrogen and oxygen atoms in total. The molecular formula is C23H41O3P. The van der Waals surface area contributed by atoms with Gasteiger partial charge in [0.25, 0.3) is 0 Å². The van der Waals surface area contributed by atoms with Crippen molar-refractivity contribution in [2.45, 2.75) is 109 Å². The zero-order valence-electron chi connectivity index (χ0n) is 17.3. The van der Waals surface area contributed by atoms with E-state index in [2.05, 4.69) is 6.92 Å². The van der Waals surface area contributed by atoms with Gasteiger partial charge in [-0.2, -0.15) is 0 Å². The van der Waals surface area contributed by atoms with E-state index < -0.39 is 13.3 Å². The highest BCUT2D eigenvalue weighted by molar-refractivity contribution is 7.52. The van der Waals surface area contributed by atoms with Crippen LogP contribution >= 0.6 is 7.60 Å². The summed E-state index contributed by atoms with van der Waals surface area (Å²) in [6, 6.07) is 9.24. The Bertz CT molecular complexity index is 498. The van der Waals surface area contributed by atoms with Crippen LogP contribution in [0, 0.1) is 0 Å². The summed E-state index contributed by atoms with van der Waals surface area (Å²) in [4.78, 5) is 19.3. The SMILES string of the molecule is CCCCCCCCCCCCCCCCC(c1ccccc1)P(=O)(O)O. The van der Waals surface area contributed by atoms with Crippen molar-refractivity contribution in [1.29, 1.82) is 0 Å². The molecule has 0 aliphatic rings. The van der Waals surface area contributed by atoms with Crippen molar-refractivity contribution in [2.24, 2.45) is 0 Å². The average molecular weight is 397 g/mol. The molecule has 1 atom stereocenters. The molecule has 156 valence electrons. The Kier molecular flexibility index (Phi) is 13.8. The normalized spacial score (nSPS) is 13.0. The Labute approximate surface area is 167 Å². The van der Waals surface area contributed by atoms with Crippen molar-refractivity contribution in [2.75, 3.05) is 0 Å². The Morgan fingerprint density at radius 1 is 0.704 bits per heavy atom. The summed E-state index contributed by atoms with van der Waals surface area (Å²) in [6.07, 6.45) is 18.7. The fourth-order valence-electron chi connectivity index (χ4n) is 3.74. The van der Waals surface area contributed by atoms with Gasteiger partial charge in [0.05, 0.1) is 5.66 Å². The van der Waals surface area contributed by atoms with Crippen molar-refractivity contribution in [3.8, 4) is 0 Å². The fourth-order valence-corrected chi connectivity index (χ4v) is 4.82. The van der Waals surface area contributed by atoms with Crippen LogP contribution in [-0.4, -0.2) is 9.79 Å². The topological polar surface area (TPSA) is 57.5 Å². The Morgan fingerprint density at radius 3 is 1.52 bits per heavy atom. The number of hydrogen-bond donors (Lipinski definition) is 2. The summed E-state index contributed by atoms with van der Waals surface area (Å²) in [5.74, 6) is 0. The average Bonchev–Trinajstić information content (AvgIpc) is 2.64. The maximum atomic E-state index is 11.8. The first-order valence-corrected chi connectivity index (χ1v) is 12.8. The minimum atomic E-state index is -4.08. The first-order chi connectivity index (χ1) is 13.1. The molecule has 1 unspecified atom stereocenters. The molecule has 0 aliphatic carbocycles. The molecule has 0 radical (unpaired) electrons. The van der Waals surface area contributed by atoms with E-state index in [1.807, 2.05) is 30.3 Å². The number of unbranched alkanes of at least 4 members (excludes halogenated alkanes) is 13. The van der Waals surface area contributed by atoms with Crippen molar-refractivity contribution in [3.05, 3.63) is 35.9 Å². The minimum Gasteiger partial charge on any atom is -0.324 e. The highest BCUT2D eigenvalue weighted by Gasteiger charge is 2.29. The molecule has 0 fully saturated rings. The molecule has 4 heteroatoms. The van der Waals surface area contributed by atoms with E-state index in [0.717, 1.165) is 18.4 Å². The highest BCUT2D eigenvalue weighted by atomic mass is 31.2. The van der Waals surface area contributed by atoms with Gasteiger partial charge in [-0.1, -0.05) is 127 Å². The zero-order chi connectivity index (χ0) is 19.8. The van der Waals surface area contributed by atoms with Gasteiger partial charge in [0.15, 0.2) is 0 Å². The molecule has 0 bridgehead atoms. The lowest BCUT2D eigenvalue weighted by molar-refractivity contribution is 0.353. The first kappa shape index (κ1) is 24.4. The molecule has 1 aromatic carbocycles. The summed E-state index contributed by atoms with van der Waals surface area (Å²) in [7, 11) is -4.08. The Balaban J connectivity index is 2.01. The van der Waals surface area contributed by atoms with Gasteiger partial charge in [-0.15, -0.1) is 0 Å². The summed E-state index contributed by atoms with van der Waals surface area (Å²) >= 11 is 0. The molecule has 0 saturated carbocycles. The molecule has 1 rings (SSSR count). The van der Waals surface area contributed by atoms with E-state index in [0.29, 0.717) is 6.42 Å². The standard InChI is InChI=1S/C23H41O3P/c1-2-3-4-5-6-7-8-9-10-11-12-13-14-18-21-23(27(24,25)26)22-19-16-15-17-20-22/h15-17,19-20,23H,2-14,18,21H2,1H3,(H2,24,25,26). The minimum absolute atomic E-state index is 0.576. The highest BCUT2D eigenvalue weighted by Crippen LogP contribution is 2.54. The molecule has 0 aliphatic heterocycles. The Morgan fingerprint density at radius 2 is 1.11 bits per heavy atom. The lowest BCUT2D eigenvalue weighted by Crippen LogP contribution is -2.00. The van der Waals surface area contributed by atoms with Gasteiger partial charge in [0.1, 0.15) is 0 Å². The van der Waals surface area contributed by atoms with Gasteiger partial charge in [0.2, 0.25) is 0 Å². The largest absolute Gasteiger partial charge is 0.332 e. The van der Waals surface area contributed by atoms with Crippen LogP contribution in [0.1, 0.15) is 114 Å². The van der Waals surface area contributed by atoms with E-state index >= 15 is 0 Å². The van der Waals surface area contributed by atoms with Gasteiger partial charge in [-0.3, -0.25) is 4.57 Å². The van der Waals surface area contributed by atoms with Crippen LogP contribution in [0.3, 0.4) is 0 Å². The number of benzene rings is 1. The van der Waals surface area contributed by atoms with Crippen molar-refractivity contribution in [3.63, 3.8) is 0 Å². The van der Waals surface area contributed by atoms with Crippen LogP contribution < -0.4 is 0 Å². The molecule has 0 heterocycles. The van der Waals surface area contributed by atoms with E-state index in [1.165, 1.54) is 77.0 Å². The summed E-state index contributed by atoms with van der Waals surface area (Å²) in [5, 5.41) is 0. The summed E-state index contributed by atoms with van der Waals surface area (Å²) < 4.78 is 11.8. The third-order valence-corrected chi connectivity index (χ3v) is 6.79. The fraction of sp³-hybridized carbons (Fsp3) is 0.739. The molecule has 1 aromatic rings. The van der Waals surface area contributed by atoms with Crippen molar-refractivity contribution in [1.82, 2.24) is 0 Å². The lowest BCUT2D eigenvalue weighted by atomic mass is 10.0. The lowest BCUT2D eigenvalue weighted by Gasteiger charge is -2.18. The summed E-state index contributed by atoms with van der Waals surface area (Å²) in [5.41, 5.74) is 0.122. The van der Waals surface area contributed by atoms with Crippen molar-refractivity contribution < 1.29 is 14.4 Å². The van der Waals surface area contributed by atoms with Gasteiger partial charge < -0.3 is 9.79 Å². The second-order valence-corrected chi connectivity index (χ2v) is 9.70. The molecule has 27 heavy (non-hydrogen) atoms. The molecule has 2 N–H and O–H groups in total. The van der Waals surface area contributed by atoms with Crippen LogP contribution in [0.25, 0.3) is 0 Å². The third-order valence-electron chi connectivity index (χ3n) is 5.42. The van der Waals surface area contributed by atoms with Gasteiger partial charge in [0, 0.05) is 0 Å². The van der Waals surface area contributed by atoms with Gasteiger partial charge in [-0.25, -0.2) is 0 Å².